The van der Waals surface area contributed by atoms with Gasteiger partial charge in [-0.15, -0.1) is 0 Å². The highest BCUT2D eigenvalue weighted by Gasteiger charge is 2.18. The van der Waals surface area contributed by atoms with Gasteiger partial charge in [-0.05, 0) is 30.7 Å². The second kappa shape index (κ2) is 5.73. The van der Waals surface area contributed by atoms with E-state index in [1.807, 2.05) is 19.1 Å². The molecule has 0 aromatic heterocycles. The van der Waals surface area contributed by atoms with Crippen LogP contribution in [0.3, 0.4) is 0 Å². The predicted octanol–water partition coefficient (Wildman–Crippen LogP) is 4.55. The lowest BCUT2D eigenvalue weighted by Gasteiger charge is -2.07. The minimum atomic E-state index is -0.551. The topological polar surface area (TPSA) is 60.2 Å². The fourth-order valence-electron chi connectivity index (χ4n) is 1.79. The summed E-state index contributed by atoms with van der Waals surface area (Å²) in [6, 6.07) is 9.19. The van der Waals surface area contributed by atoms with Crippen LogP contribution in [0.1, 0.15) is 21.5 Å². The molecule has 0 amide bonds. The lowest BCUT2D eigenvalue weighted by atomic mass is 9.99. The SMILES string of the molecule is Cc1ccc(Br)cc1C(=O)c1ccc([N+](=O)[O-])cc1Cl. The molecule has 0 aliphatic carbocycles. The van der Waals surface area contributed by atoms with Crippen LogP contribution in [0, 0.1) is 17.0 Å². The van der Waals surface area contributed by atoms with Gasteiger partial charge < -0.3 is 0 Å². The smallest absolute Gasteiger partial charge is 0.270 e. The summed E-state index contributed by atoms with van der Waals surface area (Å²) in [5, 5.41) is 10.7. The van der Waals surface area contributed by atoms with E-state index in [0.717, 1.165) is 10.0 Å². The zero-order valence-electron chi connectivity index (χ0n) is 10.4. The number of nitrogens with zero attached hydrogens (tertiary/aromatic N) is 1. The summed E-state index contributed by atoms with van der Waals surface area (Å²) in [6.45, 7) is 1.82. The molecule has 0 saturated heterocycles. The first-order valence-electron chi connectivity index (χ1n) is 5.65. The number of hydrogen-bond acceptors (Lipinski definition) is 3. The van der Waals surface area contributed by atoms with Crippen molar-refractivity contribution >= 4 is 39.0 Å². The van der Waals surface area contributed by atoms with Crippen LogP contribution < -0.4 is 0 Å². The van der Waals surface area contributed by atoms with Gasteiger partial charge >= 0.3 is 0 Å². The van der Waals surface area contributed by atoms with Crippen molar-refractivity contribution < 1.29 is 9.72 Å². The van der Waals surface area contributed by atoms with Crippen molar-refractivity contribution in [2.75, 3.05) is 0 Å². The molecule has 2 rings (SSSR count). The van der Waals surface area contributed by atoms with Crippen LogP contribution in [-0.4, -0.2) is 10.7 Å². The van der Waals surface area contributed by atoms with Crippen molar-refractivity contribution in [3.05, 3.63) is 72.7 Å². The molecule has 0 bridgehead atoms. The first-order chi connectivity index (χ1) is 9.40. The number of nitro benzene ring substituents is 1. The number of rotatable bonds is 3. The van der Waals surface area contributed by atoms with Crippen LogP contribution in [0.4, 0.5) is 5.69 Å². The Morgan fingerprint density at radius 1 is 1.20 bits per heavy atom. The predicted molar refractivity (Wildman–Crippen MR) is 80.4 cm³/mol. The van der Waals surface area contributed by atoms with Gasteiger partial charge in [0.1, 0.15) is 0 Å². The molecule has 0 spiro atoms. The fourth-order valence-corrected chi connectivity index (χ4v) is 2.41. The lowest BCUT2D eigenvalue weighted by Crippen LogP contribution is -2.05. The van der Waals surface area contributed by atoms with Crippen LogP contribution in [-0.2, 0) is 0 Å². The minimum Gasteiger partial charge on any atom is -0.289 e. The maximum absolute atomic E-state index is 12.4. The normalized spacial score (nSPS) is 10.3. The Labute approximate surface area is 128 Å². The van der Waals surface area contributed by atoms with E-state index < -0.39 is 4.92 Å². The second-order valence-corrected chi connectivity index (χ2v) is 5.53. The maximum Gasteiger partial charge on any atom is 0.270 e. The molecule has 102 valence electrons. The molecule has 2 aromatic carbocycles. The van der Waals surface area contributed by atoms with Gasteiger partial charge in [0.2, 0.25) is 0 Å². The van der Waals surface area contributed by atoms with E-state index in [2.05, 4.69) is 15.9 Å². The molecular formula is C14H9BrClNO3. The van der Waals surface area contributed by atoms with E-state index in [9.17, 15) is 14.9 Å². The maximum atomic E-state index is 12.4. The fraction of sp³-hybridized carbons (Fsp3) is 0.0714. The van der Waals surface area contributed by atoms with Crippen LogP contribution in [0.15, 0.2) is 40.9 Å². The van der Waals surface area contributed by atoms with Crippen molar-refractivity contribution in [2.24, 2.45) is 0 Å². The molecule has 0 saturated carbocycles. The second-order valence-electron chi connectivity index (χ2n) is 4.21. The summed E-state index contributed by atoms with van der Waals surface area (Å²) < 4.78 is 0.782. The van der Waals surface area contributed by atoms with E-state index in [1.165, 1.54) is 18.2 Å². The number of benzene rings is 2. The summed E-state index contributed by atoms with van der Waals surface area (Å²) in [4.78, 5) is 22.6. The lowest BCUT2D eigenvalue weighted by molar-refractivity contribution is -0.384. The van der Waals surface area contributed by atoms with E-state index >= 15 is 0 Å². The third-order valence-electron chi connectivity index (χ3n) is 2.85. The van der Waals surface area contributed by atoms with Gasteiger partial charge in [-0.2, -0.15) is 0 Å². The summed E-state index contributed by atoms with van der Waals surface area (Å²) in [6.07, 6.45) is 0. The number of hydrogen-bond donors (Lipinski definition) is 0. The number of carbonyl (C=O) groups is 1. The Balaban J connectivity index is 2.48. The van der Waals surface area contributed by atoms with E-state index in [-0.39, 0.29) is 22.1 Å². The van der Waals surface area contributed by atoms with Crippen molar-refractivity contribution in [2.45, 2.75) is 6.92 Å². The Morgan fingerprint density at radius 3 is 2.50 bits per heavy atom. The number of nitro groups is 1. The van der Waals surface area contributed by atoms with E-state index in [1.54, 1.807) is 6.07 Å². The molecule has 0 aliphatic heterocycles. The molecule has 6 heteroatoms. The van der Waals surface area contributed by atoms with Gasteiger partial charge in [-0.25, -0.2) is 0 Å². The third kappa shape index (κ3) is 2.89. The van der Waals surface area contributed by atoms with E-state index in [4.69, 9.17) is 11.6 Å². The van der Waals surface area contributed by atoms with Crippen molar-refractivity contribution in [1.82, 2.24) is 0 Å². The van der Waals surface area contributed by atoms with Gasteiger partial charge in [0, 0.05) is 27.7 Å². The first kappa shape index (κ1) is 14.7. The summed E-state index contributed by atoms with van der Waals surface area (Å²) >= 11 is 9.29. The highest BCUT2D eigenvalue weighted by atomic mass is 79.9. The van der Waals surface area contributed by atoms with Crippen LogP contribution in [0.2, 0.25) is 5.02 Å². The average molecular weight is 355 g/mol. The summed E-state index contributed by atoms with van der Waals surface area (Å²) in [5.41, 5.74) is 1.43. The highest BCUT2D eigenvalue weighted by molar-refractivity contribution is 9.10. The quantitative estimate of drug-likeness (QED) is 0.461. The number of aryl methyl sites for hydroxylation is 1. The first-order valence-corrected chi connectivity index (χ1v) is 6.82. The molecular weight excluding hydrogens is 346 g/mol. The molecule has 0 fully saturated rings. The van der Waals surface area contributed by atoms with Gasteiger partial charge in [-0.1, -0.05) is 33.6 Å². The molecule has 0 aliphatic rings. The molecule has 0 radical (unpaired) electrons. The van der Waals surface area contributed by atoms with Gasteiger partial charge in [0.15, 0.2) is 5.78 Å². The molecule has 0 unspecified atom stereocenters. The monoisotopic (exact) mass is 353 g/mol. The standard InChI is InChI=1S/C14H9BrClNO3/c1-8-2-3-9(15)6-12(8)14(18)11-5-4-10(17(19)20)7-13(11)16/h2-7H,1H3. The molecule has 2 aromatic rings. The highest BCUT2D eigenvalue weighted by Crippen LogP contribution is 2.26. The number of ketones is 1. The summed E-state index contributed by atoms with van der Waals surface area (Å²) in [5.74, 6) is -0.260. The minimum absolute atomic E-state index is 0.0728. The van der Waals surface area contributed by atoms with Crippen molar-refractivity contribution in [3.8, 4) is 0 Å². The van der Waals surface area contributed by atoms with E-state index in [0.29, 0.717) is 5.56 Å². The Hall–Kier alpha value is -1.72. The zero-order valence-corrected chi connectivity index (χ0v) is 12.7. The number of carbonyl (C=O) groups excluding carboxylic acids is 1. The molecule has 0 atom stereocenters. The van der Waals surface area contributed by atoms with Crippen molar-refractivity contribution in [1.29, 1.82) is 0 Å². The largest absolute Gasteiger partial charge is 0.289 e. The average Bonchev–Trinajstić information content (AvgIpc) is 2.40. The van der Waals surface area contributed by atoms with Gasteiger partial charge in [0.05, 0.1) is 9.95 Å². The number of non-ortho nitro benzene ring substituents is 1. The van der Waals surface area contributed by atoms with Gasteiger partial charge in [0.25, 0.3) is 5.69 Å². The molecule has 20 heavy (non-hydrogen) atoms. The van der Waals surface area contributed by atoms with Crippen molar-refractivity contribution in [3.63, 3.8) is 0 Å². The van der Waals surface area contributed by atoms with Crippen LogP contribution in [0.5, 0.6) is 0 Å². The summed E-state index contributed by atoms with van der Waals surface area (Å²) in [7, 11) is 0. The Bertz CT molecular complexity index is 716. The molecule has 0 heterocycles. The Kier molecular flexibility index (Phi) is 4.20. The zero-order chi connectivity index (χ0) is 14.9. The third-order valence-corrected chi connectivity index (χ3v) is 3.66. The molecule has 0 N–H and O–H groups in total. The van der Waals surface area contributed by atoms with Crippen LogP contribution in [0.25, 0.3) is 0 Å². The molecule has 4 nitrogen and oxygen atoms in total. The van der Waals surface area contributed by atoms with Gasteiger partial charge in [-0.3, -0.25) is 14.9 Å². The number of halogens is 2. The van der Waals surface area contributed by atoms with Crippen LogP contribution >= 0.6 is 27.5 Å². The Morgan fingerprint density at radius 2 is 1.90 bits per heavy atom.